The van der Waals surface area contributed by atoms with Crippen molar-refractivity contribution >= 4 is 38.8 Å². The number of nitrogens with two attached hydrogens (primary N) is 1. The van der Waals surface area contributed by atoms with E-state index in [0.717, 1.165) is 26.5 Å². The summed E-state index contributed by atoms with van der Waals surface area (Å²) in [6, 6.07) is 30.0. The van der Waals surface area contributed by atoms with Crippen LogP contribution in [0.15, 0.2) is 97.1 Å². The van der Waals surface area contributed by atoms with Gasteiger partial charge < -0.3 is 15.8 Å². The summed E-state index contributed by atoms with van der Waals surface area (Å²) in [4.78, 5) is 17.5. The van der Waals surface area contributed by atoms with Gasteiger partial charge in [0, 0.05) is 22.5 Å². The van der Waals surface area contributed by atoms with Crippen molar-refractivity contribution in [2.75, 3.05) is 11.1 Å². The standard InChI is InChI=1S/C26H19N3O2S/c27-19-6-4-5-18(15-19)26-29-23-14-9-17(16-24(23)32-26)25(30)28-20-10-12-22(13-11-20)31-21-7-2-1-3-8-21/h1-16H,27H2,(H,28,30). The summed E-state index contributed by atoms with van der Waals surface area (Å²) in [6.07, 6.45) is 0. The lowest BCUT2D eigenvalue weighted by Crippen LogP contribution is -2.11. The highest BCUT2D eigenvalue weighted by molar-refractivity contribution is 7.21. The lowest BCUT2D eigenvalue weighted by Gasteiger charge is -2.08. The number of carbonyl (C=O) groups excluding carboxylic acids is 1. The van der Waals surface area contributed by atoms with Gasteiger partial charge in [0.15, 0.2) is 0 Å². The molecule has 0 aliphatic carbocycles. The van der Waals surface area contributed by atoms with Gasteiger partial charge in [-0.15, -0.1) is 11.3 Å². The normalized spacial score (nSPS) is 10.8. The molecule has 0 atom stereocenters. The van der Waals surface area contributed by atoms with Crippen LogP contribution in [0.1, 0.15) is 10.4 Å². The second kappa shape index (κ2) is 8.53. The van der Waals surface area contributed by atoms with Crippen molar-refractivity contribution in [2.45, 2.75) is 0 Å². The van der Waals surface area contributed by atoms with Gasteiger partial charge in [0.25, 0.3) is 5.91 Å². The van der Waals surface area contributed by atoms with Crippen molar-refractivity contribution in [3.05, 3.63) is 103 Å². The summed E-state index contributed by atoms with van der Waals surface area (Å²) in [5.74, 6) is 1.29. The van der Waals surface area contributed by atoms with Crippen LogP contribution < -0.4 is 15.8 Å². The number of para-hydroxylation sites is 1. The zero-order chi connectivity index (χ0) is 21.9. The third-order valence-electron chi connectivity index (χ3n) is 4.88. The lowest BCUT2D eigenvalue weighted by molar-refractivity contribution is 0.102. The van der Waals surface area contributed by atoms with E-state index in [2.05, 4.69) is 10.3 Å². The second-order valence-electron chi connectivity index (χ2n) is 7.22. The molecule has 0 saturated heterocycles. The van der Waals surface area contributed by atoms with Crippen molar-refractivity contribution in [3.8, 4) is 22.1 Å². The fourth-order valence-electron chi connectivity index (χ4n) is 3.30. The number of benzene rings is 4. The highest BCUT2D eigenvalue weighted by Gasteiger charge is 2.11. The smallest absolute Gasteiger partial charge is 0.255 e. The Hall–Kier alpha value is -4.16. The number of anilines is 2. The first-order valence-corrected chi connectivity index (χ1v) is 10.9. The number of carbonyl (C=O) groups is 1. The molecule has 156 valence electrons. The van der Waals surface area contributed by atoms with Crippen LogP contribution in [-0.4, -0.2) is 10.9 Å². The number of fused-ring (bicyclic) bond motifs is 1. The van der Waals surface area contributed by atoms with Gasteiger partial charge in [0.05, 0.1) is 10.2 Å². The van der Waals surface area contributed by atoms with Crippen LogP contribution in [0.5, 0.6) is 11.5 Å². The van der Waals surface area contributed by atoms with Gasteiger partial charge in [-0.3, -0.25) is 4.79 Å². The molecule has 1 amide bonds. The fourth-order valence-corrected chi connectivity index (χ4v) is 4.30. The maximum absolute atomic E-state index is 12.8. The number of hydrogen-bond acceptors (Lipinski definition) is 5. The molecule has 0 spiro atoms. The molecule has 6 heteroatoms. The first kappa shape index (κ1) is 19.8. The van der Waals surface area contributed by atoms with E-state index < -0.39 is 0 Å². The number of ether oxygens (including phenoxy) is 1. The third-order valence-corrected chi connectivity index (χ3v) is 5.94. The van der Waals surface area contributed by atoms with E-state index in [-0.39, 0.29) is 5.91 Å². The van der Waals surface area contributed by atoms with Gasteiger partial charge in [0.1, 0.15) is 16.5 Å². The summed E-state index contributed by atoms with van der Waals surface area (Å²) >= 11 is 1.54. The largest absolute Gasteiger partial charge is 0.457 e. The van der Waals surface area contributed by atoms with E-state index in [1.807, 2.05) is 91.0 Å². The predicted molar refractivity (Wildman–Crippen MR) is 130 cm³/mol. The molecule has 0 aliphatic heterocycles. The molecule has 1 aromatic heterocycles. The molecule has 0 fully saturated rings. The Bertz CT molecular complexity index is 1400. The van der Waals surface area contributed by atoms with E-state index in [4.69, 9.17) is 10.5 Å². The summed E-state index contributed by atoms with van der Waals surface area (Å²) < 4.78 is 6.74. The lowest BCUT2D eigenvalue weighted by atomic mass is 10.2. The number of rotatable bonds is 5. The van der Waals surface area contributed by atoms with E-state index in [1.54, 1.807) is 6.07 Å². The fraction of sp³-hybridized carbons (Fsp3) is 0. The number of thiazole rings is 1. The quantitative estimate of drug-likeness (QED) is 0.304. The molecule has 5 nitrogen and oxygen atoms in total. The number of nitrogens with one attached hydrogen (secondary N) is 1. The average molecular weight is 438 g/mol. The molecule has 4 aromatic carbocycles. The van der Waals surface area contributed by atoms with Crippen LogP contribution in [0.4, 0.5) is 11.4 Å². The summed E-state index contributed by atoms with van der Waals surface area (Å²) in [5.41, 5.74) is 9.68. The molecular formula is C26H19N3O2S. The third kappa shape index (κ3) is 4.31. The van der Waals surface area contributed by atoms with Gasteiger partial charge in [-0.2, -0.15) is 0 Å². The van der Waals surface area contributed by atoms with Gasteiger partial charge in [0.2, 0.25) is 0 Å². The van der Waals surface area contributed by atoms with Crippen LogP contribution in [0.3, 0.4) is 0 Å². The van der Waals surface area contributed by atoms with Gasteiger partial charge in [-0.05, 0) is 66.7 Å². The highest BCUT2D eigenvalue weighted by atomic mass is 32.1. The topological polar surface area (TPSA) is 77.2 Å². The molecule has 0 radical (unpaired) electrons. The molecule has 0 unspecified atom stereocenters. The average Bonchev–Trinajstić information content (AvgIpc) is 3.25. The molecule has 0 aliphatic rings. The minimum absolute atomic E-state index is 0.178. The first-order chi connectivity index (χ1) is 15.6. The van der Waals surface area contributed by atoms with Crippen LogP contribution in [0, 0.1) is 0 Å². The molecule has 3 N–H and O–H groups in total. The Labute approximate surface area is 189 Å². The van der Waals surface area contributed by atoms with Crippen molar-refractivity contribution < 1.29 is 9.53 Å². The van der Waals surface area contributed by atoms with Crippen molar-refractivity contribution in [1.29, 1.82) is 0 Å². The monoisotopic (exact) mass is 437 g/mol. The van der Waals surface area contributed by atoms with Crippen molar-refractivity contribution in [2.24, 2.45) is 0 Å². The van der Waals surface area contributed by atoms with E-state index in [1.165, 1.54) is 11.3 Å². The van der Waals surface area contributed by atoms with Crippen LogP contribution in [0.25, 0.3) is 20.8 Å². The van der Waals surface area contributed by atoms with Crippen LogP contribution in [-0.2, 0) is 0 Å². The van der Waals surface area contributed by atoms with Crippen LogP contribution in [0.2, 0.25) is 0 Å². The van der Waals surface area contributed by atoms with Gasteiger partial charge in [-0.1, -0.05) is 30.3 Å². The minimum atomic E-state index is -0.178. The number of nitrogen functional groups attached to an aromatic ring is 1. The highest BCUT2D eigenvalue weighted by Crippen LogP contribution is 2.31. The molecule has 0 bridgehead atoms. The van der Waals surface area contributed by atoms with Crippen molar-refractivity contribution in [1.82, 2.24) is 4.98 Å². The number of amides is 1. The summed E-state index contributed by atoms with van der Waals surface area (Å²) in [7, 11) is 0. The molecular weight excluding hydrogens is 418 g/mol. The minimum Gasteiger partial charge on any atom is -0.457 e. The molecule has 5 aromatic rings. The summed E-state index contributed by atoms with van der Waals surface area (Å²) in [6.45, 7) is 0. The van der Waals surface area contributed by atoms with E-state index in [9.17, 15) is 4.79 Å². The molecule has 5 rings (SSSR count). The van der Waals surface area contributed by atoms with E-state index >= 15 is 0 Å². The van der Waals surface area contributed by atoms with Crippen molar-refractivity contribution in [3.63, 3.8) is 0 Å². The number of hydrogen-bond donors (Lipinski definition) is 2. The Morgan fingerprint density at radius 1 is 0.844 bits per heavy atom. The number of aromatic nitrogens is 1. The zero-order valence-electron chi connectivity index (χ0n) is 17.0. The second-order valence-corrected chi connectivity index (χ2v) is 8.25. The Kier molecular flexibility index (Phi) is 5.27. The molecule has 32 heavy (non-hydrogen) atoms. The molecule has 1 heterocycles. The SMILES string of the molecule is Nc1cccc(-c2nc3ccc(C(=O)Nc4ccc(Oc5ccccc5)cc4)cc3s2)c1. The Balaban J connectivity index is 1.31. The zero-order valence-corrected chi connectivity index (χ0v) is 17.8. The maximum Gasteiger partial charge on any atom is 0.255 e. The van der Waals surface area contributed by atoms with Gasteiger partial charge >= 0.3 is 0 Å². The summed E-state index contributed by atoms with van der Waals surface area (Å²) in [5, 5.41) is 3.81. The number of nitrogens with zero attached hydrogens (tertiary/aromatic N) is 1. The Morgan fingerprint density at radius 3 is 2.41 bits per heavy atom. The Morgan fingerprint density at radius 2 is 1.62 bits per heavy atom. The predicted octanol–water partition coefficient (Wildman–Crippen LogP) is 6.59. The first-order valence-electron chi connectivity index (χ1n) is 10.0. The van der Waals surface area contributed by atoms with Crippen LogP contribution >= 0.6 is 11.3 Å². The van der Waals surface area contributed by atoms with E-state index in [0.29, 0.717) is 22.7 Å². The maximum atomic E-state index is 12.8. The molecule has 0 saturated carbocycles. The van der Waals surface area contributed by atoms with Gasteiger partial charge in [-0.25, -0.2) is 4.98 Å².